The number of carbonyl (C=O) groups excluding carboxylic acids is 3. The van der Waals surface area contributed by atoms with Crippen LogP contribution in [0.3, 0.4) is 0 Å². The van der Waals surface area contributed by atoms with E-state index in [0.717, 1.165) is 19.1 Å². The SMILES string of the molecule is COC(=O)C1(C(=O)OC)CN1C(=O)OC(C)(C)C. The van der Waals surface area contributed by atoms with E-state index >= 15 is 0 Å². The maximum Gasteiger partial charge on any atom is 0.411 e. The minimum absolute atomic E-state index is 0.0960. The molecular weight excluding hydrogens is 242 g/mol. The molecule has 0 radical (unpaired) electrons. The van der Waals surface area contributed by atoms with Gasteiger partial charge in [-0.05, 0) is 20.8 Å². The molecule has 7 nitrogen and oxygen atoms in total. The van der Waals surface area contributed by atoms with Crippen molar-refractivity contribution in [2.45, 2.75) is 31.9 Å². The van der Waals surface area contributed by atoms with Gasteiger partial charge in [0.05, 0.1) is 20.8 Å². The Morgan fingerprint density at radius 1 is 1.06 bits per heavy atom. The fourth-order valence-corrected chi connectivity index (χ4v) is 1.50. The van der Waals surface area contributed by atoms with Crippen molar-refractivity contribution in [2.75, 3.05) is 20.8 Å². The molecule has 0 N–H and O–H groups in total. The summed E-state index contributed by atoms with van der Waals surface area (Å²) in [6.07, 6.45) is -0.752. The zero-order chi connectivity index (χ0) is 14.1. The number of esters is 2. The predicted octanol–water partition coefficient (Wildman–Crippen LogP) is 0.322. The molecule has 102 valence electrons. The monoisotopic (exact) mass is 259 g/mol. The lowest BCUT2D eigenvalue weighted by Crippen LogP contribution is -2.43. The van der Waals surface area contributed by atoms with Crippen molar-refractivity contribution in [1.82, 2.24) is 4.90 Å². The first-order chi connectivity index (χ1) is 8.19. The van der Waals surface area contributed by atoms with Gasteiger partial charge in [0, 0.05) is 0 Å². The van der Waals surface area contributed by atoms with Crippen LogP contribution in [-0.2, 0) is 23.8 Å². The van der Waals surface area contributed by atoms with Crippen LogP contribution in [0.15, 0.2) is 0 Å². The van der Waals surface area contributed by atoms with E-state index in [1.807, 2.05) is 0 Å². The van der Waals surface area contributed by atoms with Gasteiger partial charge in [-0.1, -0.05) is 0 Å². The van der Waals surface area contributed by atoms with Crippen molar-refractivity contribution >= 4 is 18.0 Å². The third-order valence-corrected chi connectivity index (χ3v) is 2.40. The van der Waals surface area contributed by atoms with Crippen LogP contribution in [0.5, 0.6) is 0 Å². The largest absolute Gasteiger partial charge is 0.467 e. The van der Waals surface area contributed by atoms with Crippen LogP contribution >= 0.6 is 0 Å². The van der Waals surface area contributed by atoms with E-state index in [4.69, 9.17) is 4.74 Å². The van der Waals surface area contributed by atoms with Gasteiger partial charge in [0.15, 0.2) is 0 Å². The third kappa shape index (κ3) is 2.39. The van der Waals surface area contributed by atoms with Gasteiger partial charge in [0.25, 0.3) is 5.54 Å². The highest BCUT2D eigenvalue weighted by Crippen LogP contribution is 2.36. The van der Waals surface area contributed by atoms with E-state index in [1.54, 1.807) is 20.8 Å². The topological polar surface area (TPSA) is 81.9 Å². The summed E-state index contributed by atoms with van der Waals surface area (Å²) in [7, 11) is 2.28. The minimum Gasteiger partial charge on any atom is -0.467 e. The second kappa shape index (κ2) is 4.47. The molecule has 0 saturated carbocycles. The Hall–Kier alpha value is -1.79. The molecule has 1 fully saturated rings. The van der Waals surface area contributed by atoms with Crippen molar-refractivity contribution in [3.05, 3.63) is 0 Å². The van der Waals surface area contributed by atoms with Gasteiger partial charge >= 0.3 is 18.0 Å². The highest BCUT2D eigenvalue weighted by atomic mass is 16.6. The van der Waals surface area contributed by atoms with Crippen LogP contribution in [-0.4, -0.2) is 54.8 Å². The number of hydrogen-bond acceptors (Lipinski definition) is 6. The van der Waals surface area contributed by atoms with E-state index in [0.29, 0.717) is 0 Å². The first kappa shape index (κ1) is 14.3. The molecule has 7 heteroatoms. The number of rotatable bonds is 2. The average molecular weight is 259 g/mol. The molecule has 0 aromatic heterocycles. The van der Waals surface area contributed by atoms with Crippen molar-refractivity contribution in [2.24, 2.45) is 0 Å². The smallest absolute Gasteiger partial charge is 0.411 e. The lowest BCUT2D eigenvalue weighted by atomic mass is 10.1. The zero-order valence-corrected chi connectivity index (χ0v) is 11.1. The molecular formula is C11H17NO6. The third-order valence-electron chi connectivity index (χ3n) is 2.40. The molecule has 0 aromatic rings. The summed E-state index contributed by atoms with van der Waals surface area (Å²) in [5.74, 6) is -1.67. The molecule has 0 bridgehead atoms. The summed E-state index contributed by atoms with van der Waals surface area (Å²) in [4.78, 5) is 36.0. The van der Waals surface area contributed by atoms with Crippen molar-refractivity contribution in [3.63, 3.8) is 0 Å². The van der Waals surface area contributed by atoms with Gasteiger partial charge in [-0.3, -0.25) is 4.90 Å². The second-order valence-electron chi connectivity index (χ2n) is 4.91. The summed E-state index contributed by atoms with van der Waals surface area (Å²) >= 11 is 0. The lowest BCUT2D eigenvalue weighted by Gasteiger charge is -2.21. The molecule has 1 aliphatic heterocycles. The fourth-order valence-electron chi connectivity index (χ4n) is 1.50. The standard InChI is InChI=1S/C11H17NO6/c1-10(2,3)18-9(15)12-6-11(12,7(13)16-4)8(14)17-5/h6H2,1-5H3. The predicted molar refractivity (Wildman–Crippen MR) is 59.7 cm³/mol. The highest BCUT2D eigenvalue weighted by molar-refractivity contribution is 6.12. The van der Waals surface area contributed by atoms with Crippen molar-refractivity contribution < 1.29 is 28.6 Å². The molecule has 0 atom stereocenters. The number of amides is 1. The summed E-state index contributed by atoms with van der Waals surface area (Å²) in [5.41, 5.74) is -2.40. The Labute approximate surface area is 105 Å². The van der Waals surface area contributed by atoms with E-state index in [9.17, 15) is 14.4 Å². The number of ether oxygens (including phenoxy) is 3. The van der Waals surface area contributed by atoms with E-state index in [-0.39, 0.29) is 6.54 Å². The Bertz CT molecular complexity index is 367. The molecule has 0 spiro atoms. The Balaban J connectivity index is 2.86. The average Bonchev–Trinajstić information content (AvgIpc) is 3.01. The number of nitrogens with zero attached hydrogens (tertiary/aromatic N) is 1. The van der Waals surface area contributed by atoms with Gasteiger partial charge in [0.2, 0.25) is 0 Å². The van der Waals surface area contributed by atoms with E-state index < -0.39 is 29.2 Å². The molecule has 1 amide bonds. The number of carbonyl (C=O) groups is 3. The summed E-state index contributed by atoms with van der Waals surface area (Å²) in [6.45, 7) is 4.96. The first-order valence-corrected chi connectivity index (χ1v) is 5.36. The van der Waals surface area contributed by atoms with E-state index in [2.05, 4.69) is 9.47 Å². The lowest BCUT2D eigenvalue weighted by molar-refractivity contribution is -0.158. The normalized spacial score (nSPS) is 16.8. The number of methoxy groups -OCH3 is 2. The van der Waals surface area contributed by atoms with Gasteiger partial charge in [-0.25, -0.2) is 14.4 Å². The maximum atomic E-state index is 11.8. The summed E-state index contributed by atoms with van der Waals surface area (Å²) in [5, 5.41) is 0. The number of hydrogen-bond donors (Lipinski definition) is 0. The van der Waals surface area contributed by atoms with Gasteiger partial charge in [0.1, 0.15) is 5.60 Å². The highest BCUT2D eigenvalue weighted by Gasteiger charge is 2.70. The molecule has 0 unspecified atom stereocenters. The van der Waals surface area contributed by atoms with Crippen molar-refractivity contribution in [3.8, 4) is 0 Å². The quantitative estimate of drug-likeness (QED) is 0.307. The van der Waals surface area contributed by atoms with E-state index in [1.165, 1.54) is 0 Å². The Kier molecular flexibility index (Phi) is 3.54. The second-order valence-corrected chi connectivity index (χ2v) is 4.91. The van der Waals surface area contributed by atoms with Crippen LogP contribution in [0.2, 0.25) is 0 Å². The molecule has 1 saturated heterocycles. The minimum atomic E-state index is -1.69. The van der Waals surface area contributed by atoms with Crippen LogP contribution in [0.1, 0.15) is 20.8 Å². The molecule has 1 aliphatic rings. The van der Waals surface area contributed by atoms with Crippen LogP contribution in [0, 0.1) is 0 Å². The zero-order valence-electron chi connectivity index (χ0n) is 11.1. The fraction of sp³-hybridized carbons (Fsp3) is 0.727. The summed E-state index contributed by atoms with van der Waals surface area (Å²) < 4.78 is 14.1. The molecule has 0 aromatic carbocycles. The first-order valence-electron chi connectivity index (χ1n) is 5.36. The molecule has 1 rings (SSSR count). The van der Waals surface area contributed by atoms with Gasteiger partial charge in [-0.15, -0.1) is 0 Å². The van der Waals surface area contributed by atoms with Crippen LogP contribution in [0.4, 0.5) is 4.79 Å². The molecule has 18 heavy (non-hydrogen) atoms. The van der Waals surface area contributed by atoms with Crippen molar-refractivity contribution in [1.29, 1.82) is 0 Å². The maximum absolute atomic E-state index is 11.8. The molecule has 0 aliphatic carbocycles. The summed E-state index contributed by atoms with van der Waals surface area (Å²) in [6, 6.07) is 0. The Morgan fingerprint density at radius 3 is 1.83 bits per heavy atom. The van der Waals surface area contributed by atoms with Crippen LogP contribution < -0.4 is 0 Å². The van der Waals surface area contributed by atoms with Crippen LogP contribution in [0.25, 0.3) is 0 Å². The van der Waals surface area contributed by atoms with Gasteiger partial charge in [-0.2, -0.15) is 0 Å². The molecule has 1 heterocycles. The Morgan fingerprint density at radius 2 is 1.50 bits per heavy atom. The van der Waals surface area contributed by atoms with Gasteiger partial charge < -0.3 is 14.2 Å².